The number of allylic oxidation sites excluding steroid dienone is 2. The maximum Gasteiger partial charge on any atom is 0.417 e. The molecule has 0 spiro atoms. The average Bonchev–Trinajstić information content (AvgIpc) is 3.59. The molecule has 4 aliphatic rings. The maximum absolute atomic E-state index is 15.5. The molecular weight excluding hydrogens is 800 g/mol. The van der Waals surface area contributed by atoms with Crippen molar-refractivity contribution in [2.24, 2.45) is 23.7 Å². The van der Waals surface area contributed by atoms with Gasteiger partial charge in [-0.25, -0.2) is 4.98 Å². The Morgan fingerprint density at radius 3 is 2.16 bits per heavy atom. The van der Waals surface area contributed by atoms with E-state index in [1.165, 1.54) is 31.3 Å². The Morgan fingerprint density at radius 2 is 1.57 bits per heavy atom. The molecule has 0 radical (unpaired) electrons. The van der Waals surface area contributed by atoms with Crippen molar-refractivity contribution in [2.75, 3.05) is 24.5 Å². The number of rotatable bonds is 8. The predicted octanol–water partition coefficient (Wildman–Crippen LogP) is 7.88. The molecule has 300 valence electrons. The van der Waals surface area contributed by atoms with Crippen LogP contribution in [0.3, 0.4) is 0 Å². The lowest BCUT2D eigenvalue weighted by Crippen LogP contribution is -2.53. The third-order valence-corrected chi connectivity index (χ3v) is 12.5. The highest BCUT2D eigenvalue weighted by Crippen LogP contribution is 2.65. The number of hydrogen-bond donors (Lipinski definition) is 2. The summed E-state index contributed by atoms with van der Waals surface area (Å²) < 4.78 is 51.7. The minimum Gasteiger partial charge on any atom is -0.502 e. The van der Waals surface area contributed by atoms with Gasteiger partial charge in [-0.2, -0.15) is 18.2 Å². The Morgan fingerprint density at radius 1 is 0.914 bits per heavy atom. The van der Waals surface area contributed by atoms with Gasteiger partial charge >= 0.3 is 6.18 Å². The summed E-state index contributed by atoms with van der Waals surface area (Å²) in [7, 11) is 2.68. The van der Waals surface area contributed by atoms with Crippen LogP contribution in [0.4, 0.5) is 24.7 Å². The first-order valence-electron chi connectivity index (χ1n) is 18.4. The molecule has 2 aliphatic carbocycles. The Hall–Kier alpha value is -5.60. The van der Waals surface area contributed by atoms with Gasteiger partial charge < -0.3 is 14.6 Å². The van der Waals surface area contributed by atoms with Crippen molar-refractivity contribution in [1.82, 2.24) is 9.99 Å². The molecule has 2 N–H and O–H groups in total. The number of anilines is 2. The number of hydrazine groups is 1. The van der Waals surface area contributed by atoms with Crippen molar-refractivity contribution in [3.63, 3.8) is 0 Å². The highest BCUT2D eigenvalue weighted by Gasteiger charge is 2.70. The summed E-state index contributed by atoms with van der Waals surface area (Å²) in [5.41, 5.74) is 2.44. The number of phenols is 1. The fourth-order valence-corrected chi connectivity index (χ4v) is 9.71. The lowest BCUT2D eigenvalue weighted by molar-refractivity contribution is -0.139. The molecule has 4 amide bonds. The van der Waals surface area contributed by atoms with E-state index in [-0.39, 0.29) is 41.8 Å². The Labute approximate surface area is 340 Å². The van der Waals surface area contributed by atoms with Gasteiger partial charge in [0.05, 0.1) is 53.7 Å². The number of alkyl halides is 3. The van der Waals surface area contributed by atoms with E-state index in [0.29, 0.717) is 44.7 Å². The number of fused-ring (bicyclic) bond motifs is 4. The van der Waals surface area contributed by atoms with Gasteiger partial charge in [-0.1, -0.05) is 66.0 Å². The maximum atomic E-state index is 15.5. The molecule has 0 bridgehead atoms. The fourth-order valence-electron chi connectivity index (χ4n) is 9.37. The van der Waals surface area contributed by atoms with Gasteiger partial charge in [-0.3, -0.25) is 29.5 Å². The predicted molar refractivity (Wildman–Crippen MR) is 206 cm³/mol. The van der Waals surface area contributed by atoms with Gasteiger partial charge in [-0.05, 0) is 84.3 Å². The van der Waals surface area contributed by atoms with E-state index in [0.717, 1.165) is 12.0 Å². The van der Waals surface area contributed by atoms with Crippen molar-refractivity contribution in [3.8, 4) is 17.2 Å². The van der Waals surface area contributed by atoms with Gasteiger partial charge in [0, 0.05) is 17.1 Å². The molecule has 16 heteroatoms. The van der Waals surface area contributed by atoms with E-state index in [1.54, 1.807) is 36.4 Å². The molecule has 58 heavy (non-hydrogen) atoms. The number of methoxy groups -OCH3 is 2. The van der Waals surface area contributed by atoms with Crippen LogP contribution in [0.2, 0.25) is 10.0 Å². The molecule has 1 aromatic heterocycles. The summed E-state index contributed by atoms with van der Waals surface area (Å²) >= 11 is 12.6. The van der Waals surface area contributed by atoms with Crippen molar-refractivity contribution in [2.45, 2.75) is 43.7 Å². The molecule has 4 aromatic rings. The zero-order valence-electron chi connectivity index (χ0n) is 31.1. The summed E-state index contributed by atoms with van der Waals surface area (Å²) in [4.78, 5) is 64.2. The SMILES string of the molecule is CCc1ccc(N2C(=O)C3CC=C4C(CC5C(=O)N(Nc6ncc(C(F)(F)F)cc6Cl)C(=O)C5(c5ccc(Cl)cc5)C4c4cc(OC)c(O)c(OC)c4)C3C2=O)cc1. The molecule has 3 heterocycles. The second-order valence-corrected chi connectivity index (χ2v) is 15.6. The number of pyridine rings is 1. The third-order valence-electron chi connectivity index (χ3n) is 12.0. The largest absolute Gasteiger partial charge is 0.502 e. The first-order chi connectivity index (χ1) is 27.6. The van der Waals surface area contributed by atoms with E-state index >= 15 is 4.79 Å². The van der Waals surface area contributed by atoms with Crippen LogP contribution in [0.1, 0.15) is 47.9 Å². The number of nitrogens with zero attached hydrogens (tertiary/aromatic N) is 3. The topological polar surface area (TPSA) is 138 Å². The van der Waals surface area contributed by atoms with Crippen LogP contribution in [-0.2, 0) is 37.2 Å². The van der Waals surface area contributed by atoms with E-state index in [1.807, 2.05) is 25.1 Å². The monoisotopic (exact) mass is 834 g/mol. The molecular formula is C42H35Cl2F3N4O7. The zero-order valence-corrected chi connectivity index (χ0v) is 32.7. The Kier molecular flexibility index (Phi) is 9.70. The minimum absolute atomic E-state index is 0.00474. The number of hydrogen-bond acceptors (Lipinski definition) is 9. The molecule has 3 fully saturated rings. The van der Waals surface area contributed by atoms with Gasteiger partial charge in [0.25, 0.3) is 11.8 Å². The fraction of sp³-hybridized carbons (Fsp3) is 0.310. The van der Waals surface area contributed by atoms with E-state index in [9.17, 15) is 32.7 Å². The number of ether oxygens (including phenoxy) is 2. The first kappa shape index (κ1) is 39.2. The van der Waals surface area contributed by atoms with Crippen LogP contribution in [0.25, 0.3) is 0 Å². The van der Waals surface area contributed by atoms with Gasteiger partial charge in [-0.15, -0.1) is 0 Å². The molecule has 1 saturated carbocycles. The van der Waals surface area contributed by atoms with Crippen LogP contribution in [-0.4, -0.2) is 52.9 Å². The summed E-state index contributed by atoms with van der Waals surface area (Å²) in [6, 6.07) is 17.2. The van der Waals surface area contributed by atoms with E-state index in [2.05, 4.69) is 10.4 Å². The third kappa shape index (κ3) is 5.90. The first-order valence-corrected chi connectivity index (χ1v) is 19.2. The smallest absolute Gasteiger partial charge is 0.417 e. The molecule has 2 saturated heterocycles. The van der Waals surface area contributed by atoms with Crippen molar-refractivity contribution in [1.29, 1.82) is 0 Å². The molecule has 6 atom stereocenters. The van der Waals surface area contributed by atoms with E-state index in [4.69, 9.17) is 32.7 Å². The number of benzene rings is 3. The number of carbonyl (C=O) groups is 4. The summed E-state index contributed by atoms with van der Waals surface area (Å²) in [5.74, 6) is -7.85. The molecule has 2 aliphatic heterocycles. The standard InChI is InChI=1S/C42H35Cl2F3N4O7/c1-4-20-5-11-25(12-6-20)50-37(53)27-14-13-26-28(33(27)39(50)55)18-29-38(54)51(49-36-30(44)17-23(19-48-36)42(45,46)47)40(56)41(29,22-7-9-24(43)10-8-22)34(26)21-15-31(57-2)35(52)32(16-21)58-3/h5-13,15-17,19,27-29,33-34,52H,4,14,18H2,1-3H3,(H,48,49). The summed E-state index contributed by atoms with van der Waals surface area (Å²) in [6.07, 6.45) is -1.55. The highest BCUT2D eigenvalue weighted by molar-refractivity contribution is 6.33. The number of aryl methyl sites for hydroxylation is 1. The zero-order chi connectivity index (χ0) is 41.4. The number of carbonyl (C=O) groups excluding carboxylic acids is 4. The van der Waals surface area contributed by atoms with Crippen LogP contribution in [0, 0.1) is 23.7 Å². The molecule has 11 nitrogen and oxygen atoms in total. The lowest BCUT2D eigenvalue weighted by atomic mass is 9.49. The number of imide groups is 2. The van der Waals surface area contributed by atoms with Crippen molar-refractivity contribution in [3.05, 3.63) is 117 Å². The lowest BCUT2D eigenvalue weighted by Gasteiger charge is -2.50. The quantitative estimate of drug-likeness (QED) is 0.134. The number of nitrogens with one attached hydrogen (secondary N) is 1. The summed E-state index contributed by atoms with van der Waals surface area (Å²) in [5, 5.41) is 11.5. The molecule has 3 aromatic carbocycles. The van der Waals surface area contributed by atoms with E-state index < -0.39 is 69.5 Å². The normalized spacial score (nSPS) is 25.3. The Bertz CT molecular complexity index is 2380. The number of aromatic nitrogens is 1. The van der Waals surface area contributed by atoms with Gasteiger partial charge in [0.1, 0.15) is 0 Å². The van der Waals surface area contributed by atoms with Gasteiger partial charge in [0.15, 0.2) is 17.3 Å². The van der Waals surface area contributed by atoms with Crippen LogP contribution < -0.4 is 19.8 Å². The van der Waals surface area contributed by atoms with Gasteiger partial charge in [0.2, 0.25) is 17.6 Å². The van der Waals surface area contributed by atoms with Crippen molar-refractivity contribution >= 4 is 58.3 Å². The molecule has 8 rings (SSSR count). The average molecular weight is 836 g/mol. The highest BCUT2D eigenvalue weighted by atomic mass is 35.5. The number of halogens is 5. The number of amides is 4. The van der Waals surface area contributed by atoms with Crippen LogP contribution in [0.5, 0.6) is 17.2 Å². The van der Waals surface area contributed by atoms with Crippen molar-refractivity contribution < 1.29 is 46.9 Å². The van der Waals surface area contributed by atoms with Crippen LogP contribution >= 0.6 is 23.2 Å². The second kappa shape index (κ2) is 14.3. The molecule has 6 unspecified atom stereocenters. The number of aromatic hydroxyl groups is 1. The second-order valence-electron chi connectivity index (χ2n) is 14.7. The number of phenolic OH excluding ortho intramolecular Hbond substituents is 1. The Balaban J connectivity index is 1.33. The minimum atomic E-state index is -4.77. The van der Waals surface area contributed by atoms with Crippen LogP contribution in [0.15, 0.2) is 84.6 Å². The summed E-state index contributed by atoms with van der Waals surface area (Å²) in [6.45, 7) is 1.99.